The van der Waals surface area contributed by atoms with Crippen LogP contribution in [-0.4, -0.2) is 33.6 Å². The van der Waals surface area contributed by atoms with Crippen LogP contribution in [0.2, 0.25) is 0 Å². The Morgan fingerprint density at radius 3 is 2.19 bits per heavy atom. The molecule has 0 saturated carbocycles. The molecule has 0 aliphatic rings. The van der Waals surface area contributed by atoms with E-state index >= 15 is 0 Å². The summed E-state index contributed by atoms with van der Waals surface area (Å²) < 4.78 is 5.56. The molecule has 21 heavy (non-hydrogen) atoms. The zero-order chi connectivity index (χ0) is 15.7. The summed E-state index contributed by atoms with van der Waals surface area (Å²) in [6.45, 7) is 12.1. The van der Waals surface area contributed by atoms with Gasteiger partial charge in [0, 0.05) is 12.1 Å². The standard InChI is InChI=1S/C15H29N5O/c1-6-10-16-12-17-13(20-15(5,8-3)9-4)19-14(18-12)21-11-7-2/h6-11H2,1-5H3,(H2,16,17,18,19,20). The van der Waals surface area contributed by atoms with E-state index in [4.69, 9.17) is 4.74 Å². The van der Waals surface area contributed by atoms with E-state index in [1.54, 1.807) is 0 Å². The van der Waals surface area contributed by atoms with E-state index in [0.29, 0.717) is 24.5 Å². The molecule has 0 aromatic carbocycles. The van der Waals surface area contributed by atoms with Gasteiger partial charge in [0.2, 0.25) is 11.9 Å². The minimum absolute atomic E-state index is 0.0224. The Morgan fingerprint density at radius 1 is 0.952 bits per heavy atom. The van der Waals surface area contributed by atoms with Crippen LogP contribution in [0.1, 0.15) is 60.3 Å². The number of nitrogens with one attached hydrogen (secondary N) is 2. The number of ether oxygens (including phenoxy) is 1. The predicted octanol–water partition coefficient (Wildman–Crippen LogP) is 3.47. The molecule has 1 aromatic heterocycles. The molecule has 0 aliphatic carbocycles. The highest BCUT2D eigenvalue weighted by Gasteiger charge is 2.21. The summed E-state index contributed by atoms with van der Waals surface area (Å²) in [5.74, 6) is 1.14. The molecule has 2 N–H and O–H groups in total. The van der Waals surface area contributed by atoms with Crippen LogP contribution in [0.3, 0.4) is 0 Å². The van der Waals surface area contributed by atoms with Crippen molar-refractivity contribution < 1.29 is 4.74 Å². The third-order valence-corrected chi connectivity index (χ3v) is 3.56. The van der Waals surface area contributed by atoms with E-state index in [1.165, 1.54) is 0 Å². The topological polar surface area (TPSA) is 72.0 Å². The third-order valence-electron chi connectivity index (χ3n) is 3.56. The van der Waals surface area contributed by atoms with Crippen LogP contribution < -0.4 is 15.4 Å². The Bertz CT molecular complexity index is 394. The lowest BCUT2D eigenvalue weighted by atomic mass is 9.96. The molecule has 120 valence electrons. The maximum Gasteiger partial charge on any atom is 0.323 e. The van der Waals surface area contributed by atoms with Crippen molar-refractivity contribution in [3.63, 3.8) is 0 Å². The van der Waals surface area contributed by atoms with Gasteiger partial charge >= 0.3 is 6.01 Å². The lowest BCUT2D eigenvalue weighted by Gasteiger charge is -2.28. The van der Waals surface area contributed by atoms with Gasteiger partial charge in [-0.25, -0.2) is 0 Å². The molecule has 0 atom stereocenters. The minimum atomic E-state index is -0.0224. The van der Waals surface area contributed by atoms with Crippen LogP contribution in [0, 0.1) is 0 Å². The van der Waals surface area contributed by atoms with E-state index in [0.717, 1.165) is 32.2 Å². The van der Waals surface area contributed by atoms with Gasteiger partial charge in [-0.1, -0.05) is 27.7 Å². The van der Waals surface area contributed by atoms with Crippen molar-refractivity contribution in [3.05, 3.63) is 0 Å². The average molecular weight is 295 g/mol. The van der Waals surface area contributed by atoms with Crippen molar-refractivity contribution in [2.24, 2.45) is 0 Å². The Balaban J connectivity index is 2.94. The van der Waals surface area contributed by atoms with Gasteiger partial charge in [0.15, 0.2) is 0 Å². The first-order valence-corrected chi connectivity index (χ1v) is 7.97. The fourth-order valence-electron chi connectivity index (χ4n) is 1.68. The van der Waals surface area contributed by atoms with Crippen molar-refractivity contribution in [3.8, 4) is 6.01 Å². The van der Waals surface area contributed by atoms with Crippen LogP contribution >= 0.6 is 0 Å². The van der Waals surface area contributed by atoms with E-state index in [-0.39, 0.29) is 5.54 Å². The zero-order valence-corrected chi connectivity index (χ0v) is 14.0. The number of anilines is 2. The quantitative estimate of drug-likeness (QED) is 0.688. The smallest absolute Gasteiger partial charge is 0.323 e. The highest BCUT2D eigenvalue weighted by atomic mass is 16.5. The lowest BCUT2D eigenvalue weighted by molar-refractivity contribution is 0.292. The molecule has 6 heteroatoms. The minimum Gasteiger partial charge on any atom is -0.463 e. The molecular weight excluding hydrogens is 266 g/mol. The summed E-state index contributed by atoms with van der Waals surface area (Å²) in [5.41, 5.74) is -0.0224. The Kier molecular flexibility index (Phi) is 7.19. The van der Waals surface area contributed by atoms with Crippen LogP contribution in [0.5, 0.6) is 6.01 Å². The van der Waals surface area contributed by atoms with Gasteiger partial charge in [-0.15, -0.1) is 0 Å². The van der Waals surface area contributed by atoms with Crippen molar-refractivity contribution in [2.45, 2.75) is 65.8 Å². The Morgan fingerprint density at radius 2 is 1.62 bits per heavy atom. The summed E-state index contributed by atoms with van der Waals surface area (Å²) in [7, 11) is 0. The molecule has 0 saturated heterocycles. The summed E-state index contributed by atoms with van der Waals surface area (Å²) in [5, 5.41) is 6.60. The van der Waals surface area contributed by atoms with E-state index < -0.39 is 0 Å². The Labute approximate surface area is 128 Å². The van der Waals surface area contributed by atoms with Crippen LogP contribution in [0.15, 0.2) is 0 Å². The van der Waals surface area contributed by atoms with Crippen LogP contribution in [-0.2, 0) is 0 Å². The first-order valence-electron chi connectivity index (χ1n) is 7.97. The largest absolute Gasteiger partial charge is 0.463 e. The summed E-state index contributed by atoms with van der Waals surface area (Å²) >= 11 is 0. The molecule has 0 spiro atoms. The maximum absolute atomic E-state index is 5.56. The molecule has 0 bridgehead atoms. The number of hydrogen-bond donors (Lipinski definition) is 2. The van der Waals surface area contributed by atoms with Gasteiger partial charge in [0.25, 0.3) is 0 Å². The SMILES string of the molecule is CCCNc1nc(NC(C)(CC)CC)nc(OCCC)n1. The van der Waals surface area contributed by atoms with E-state index in [9.17, 15) is 0 Å². The second-order valence-electron chi connectivity index (χ2n) is 5.43. The van der Waals surface area contributed by atoms with Gasteiger partial charge in [-0.2, -0.15) is 15.0 Å². The lowest BCUT2D eigenvalue weighted by Crippen LogP contribution is -2.34. The maximum atomic E-state index is 5.56. The molecule has 0 fully saturated rings. The van der Waals surface area contributed by atoms with E-state index in [2.05, 4.69) is 60.2 Å². The van der Waals surface area contributed by atoms with Gasteiger partial charge in [0.05, 0.1) is 6.61 Å². The normalized spacial score (nSPS) is 11.3. The molecule has 1 rings (SSSR count). The molecule has 0 amide bonds. The van der Waals surface area contributed by atoms with Gasteiger partial charge in [-0.3, -0.25) is 0 Å². The molecule has 0 radical (unpaired) electrons. The second-order valence-corrected chi connectivity index (χ2v) is 5.43. The van der Waals surface area contributed by atoms with Crippen LogP contribution in [0.4, 0.5) is 11.9 Å². The van der Waals surface area contributed by atoms with Gasteiger partial charge in [-0.05, 0) is 32.6 Å². The number of hydrogen-bond acceptors (Lipinski definition) is 6. The zero-order valence-electron chi connectivity index (χ0n) is 14.0. The molecule has 1 heterocycles. The molecule has 1 aromatic rings. The predicted molar refractivity (Wildman–Crippen MR) is 87.0 cm³/mol. The summed E-state index contributed by atoms with van der Waals surface area (Å²) in [6, 6.07) is 0.377. The van der Waals surface area contributed by atoms with Crippen molar-refractivity contribution in [1.29, 1.82) is 0 Å². The number of aromatic nitrogens is 3. The first-order chi connectivity index (χ1) is 10.1. The van der Waals surface area contributed by atoms with Gasteiger partial charge in [0.1, 0.15) is 0 Å². The summed E-state index contributed by atoms with van der Waals surface area (Å²) in [6.07, 6.45) is 3.94. The molecule has 0 aliphatic heterocycles. The van der Waals surface area contributed by atoms with Crippen molar-refractivity contribution in [2.75, 3.05) is 23.8 Å². The van der Waals surface area contributed by atoms with Gasteiger partial charge < -0.3 is 15.4 Å². The second kappa shape index (κ2) is 8.64. The highest BCUT2D eigenvalue weighted by molar-refractivity contribution is 5.37. The fraction of sp³-hybridized carbons (Fsp3) is 0.800. The van der Waals surface area contributed by atoms with E-state index in [1.807, 2.05) is 0 Å². The fourth-order valence-corrected chi connectivity index (χ4v) is 1.68. The average Bonchev–Trinajstić information content (AvgIpc) is 2.50. The molecule has 6 nitrogen and oxygen atoms in total. The number of rotatable bonds is 10. The number of nitrogens with zero attached hydrogens (tertiary/aromatic N) is 3. The van der Waals surface area contributed by atoms with Crippen molar-refractivity contribution in [1.82, 2.24) is 15.0 Å². The first kappa shape index (κ1) is 17.5. The summed E-state index contributed by atoms with van der Waals surface area (Å²) in [4.78, 5) is 13.1. The van der Waals surface area contributed by atoms with Crippen molar-refractivity contribution >= 4 is 11.9 Å². The molecular formula is C15H29N5O. The third kappa shape index (κ3) is 5.73. The Hall–Kier alpha value is -1.59. The molecule has 0 unspecified atom stereocenters. The monoisotopic (exact) mass is 295 g/mol. The van der Waals surface area contributed by atoms with Crippen LogP contribution in [0.25, 0.3) is 0 Å². The highest BCUT2D eigenvalue weighted by Crippen LogP contribution is 2.21.